The van der Waals surface area contributed by atoms with E-state index in [-0.39, 0.29) is 5.60 Å². The molecule has 0 aliphatic heterocycles. The molecule has 1 aliphatic carbocycles. The molecule has 2 N–H and O–H groups in total. The fourth-order valence-corrected chi connectivity index (χ4v) is 2.87. The average Bonchev–Trinajstić information content (AvgIpc) is 2.45. The van der Waals surface area contributed by atoms with Crippen molar-refractivity contribution in [2.24, 2.45) is 11.7 Å². The van der Waals surface area contributed by atoms with Crippen molar-refractivity contribution in [1.82, 2.24) is 4.98 Å². The molecule has 2 unspecified atom stereocenters. The summed E-state index contributed by atoms with van der Waals surface area (Å²) in [4.78, 5) is 4.37. The van der Waals surface area contributed by atoms with Crippen LogP contribution in [0.25, 0.3) is 0 Å². The first-order chi connectivity index (χ1) is 9.17. The molecular weight excluding hydrogens is 240 g/mol. The van der Waals surface area contributed by atoms with Crippen molar-refractivity contribution in [1.29, 1.82) is 0 Å². The van der Waals surface area contributed by atoms with Gasteiger partial charge in [0.25, 0.3) is 0 Å². The van der Waals surface area contributed by atoms with Crippen molar-refractivity contribution in [3.8, 4) is 5.88 Å². The molecule has 2 atom stereocenters. The van der Waals surface area contributed by atoms with E-state index in [1.54, 1.807) is 7.11 Å². The third kappa shape index (κ3) is 3.67. The second-order valence-electron chi connectivity index (χ2n) is 5.55. The first kappa shape index (κ1) is 14.3. The summed E-state index contributed by atoms with van der Waals surface area (Å²) in [5, 5.41) is 0. The summed E-state index contributed by atoms with van der Waals surface area (Å²) in [6.45, 7) is 3.36. The van der Waals surface area contributed by atoms with Crippen LogP contribution in [0.4, 0.5) is 0 Å². The Bertz CT molecular complexity index is 411. The van der Waals surface area contributed by atoms with E-state index in [4.69, 9.17) is 15.2 Å². The Hall–Kier alpha value is -1.13. The Morgan fingerprint density at radius 1 is 1.47 bits per heavy atom. The highest BCUT2D eigenvalue weighted by Gasteiger charge is 2.34. The van der Waals surface area contributed by atoms with Gasteiger partial charge in [-0.3, -0.25) is 0 Å². The second-order valence-corrected chi connectivity index (χ2v) is 5.55. The summed E-state index contributed by atoms with van der Waals surface area (Å²) in [5.74, 6) is 1.32. The number of ether oxygens (including phenoxy) is 2. The van der Waals surface area contributed by atoms with E-state index in [9.17, 15) is 0 Å². The Balaban J connectivity index is 1.98. The number of rotatable bonds is 5. The molecule has 0 radical (unpaired) electrons. The van der Waals surface area contributed by atoms with E-state index in [0.29, 0.717) is 24.9 Å². The summed E-state index contributed by atoms with van der Waals surface area (Å²) in [6.07, 6.45) is 4.58. The number of methoxy groups -OCH3 is 1. The van der Waals surface area contributed by atoms with Gasteiger partial charge in [-0.2, -0.15) is 0 Å². The van der Waals surface area contributed by atoms with E-state index in [1.807, 2.05) is 18.2 Å². The van der Waals surface area contributed by atoms with E-state index < -0.39 is 0 Å². The summed E-state index contributed by atoms with van der Waals surface area (Å²) in [6, 6.07) is 5.73. The SMILES string of the molecule is COc1cccc(COC2(CN)CCCC(C)C2)n1. The molecule has 1 aromatic heterocycles. The van der Waals surface area contributed by atoms with Crippen LogP contribution >= 0.6 is 0 Å². The van der Waals surface area contributed by atoms with Gasteiger partial charge in [0.1, 0.15) is 0 Å². The Morgan fingerprint density at radius 2 is 2.32 bits per heavy atom. The zero-order chi connectivity index (χ0) is 13.7. The van der Waals surface area contributed by atoms with Gasteiger partial charge in [0.05, 0.1) is 25.0 Å². The third-order valence-corrected chi connectivity index (χ3v) is 3.94. The van der Waals surface area contributed by atoms with Gasteiger partial charge in [0.15, 0.2) is 0 Å². The number of pyridine rings is 1. The predicted octanol–water partition coefficient (Wildman–Crippen LogP) is 2.51. The largest absolute Gasteiger partial charge is 0.481 e. The highest BCUT2D eigenvalue weighted by atomic mass is 16.5. The maximum absolute atomic E-state index is 6.13. The number of hydrogen-bond donors (Lipinski definition) is 1. The van der Waals surface area contributed by atoms with Crippen LogP contribution in [-0.4, -0.2) is 24.2 Å². The van der Waals surface area contributed by atoms with Crippen molar-refractivity contribution in [2.75, 3.05) is 13.7 Å². The van der Waals surface area contributed by atoms with Crippen molar-refractivity contribution >= 4 is 0 Å². The normalized spacial score (nSPS) is 27.2. The molecule has 0 saturated heterocycles. The topological polar surface area (TPSA) is 57.4 Å². The van der Waals surface area contributed by atoms with Crippen LogP contribution in [0.3, 0.4) is 0 Å². The Labute approximate surface area is 115 Å². The number of nitrogens with two attached hydrogens (primary N) is 1. The molecule has 0 bridgehead atoms. The fourth-order valence-electron chi connectivity index (χ4n) is 2.87. The van der Waals surface area contributed by atoms with Crippen LogP contribution in [0.2, 0.25) is 0 Å². The molecule has 4 nitrogen and oxygen atoms in total. The minimum atomic E-state index is -0.164. The average molecular weight is 264 g/mol. The summed E-state index contributed by atoms with van der Waals surface area (Å²) < 4.78 is 11.3. The molecule has 0 spiro atoms. The fraction of sp³-hybridized carbons (Fsp3) is 0.667. The van der Waals surface area contributed by atoms with Crippen LogP contribution in [0, 0.1) is 5.92 Å². The summed E-state index contributed by atoms with van der Waals surface area (Å²) in [5.41, 5.74) is 6.68. The maximum Gasteiger partial charge on any atom is 0.213 e. The van der Waals surface area contributed by atoms with Crippen molar-refractivity contribution in [3.05, 3.63) is 23.9 Å². The lowest BCUT2D eigenvalue weighted by atomic mass is 9.79. The highest BCUT2D eigenvalue weighted by molar-refractivity contribution is 5.15. The molecular formula is C15H24N2O2. The quantitative estimate of drug-likeness (QED) is 0.887. The lowest BCUT2D eigenvalue weighted by Crippen LogP contribution is -2.44. The van der Waals surface area contributed by atoms with Crippen LogP contribution in [-0.2, 0) is 11.3 Å². The van der Waals surface area contributed by atoms with Gasteiger partial charge in [-0.25, -0.2) is 4.98 Å². The van der Waals surface area contributed by atoms with Crippen LogP contribution in [0.15, 0.2) is 18.2 Å². The van der Waals surface area contributed by atoms with Gasteiger partial charge in [0, 0.05) is 12.6 Å². The summed E-state index contributed by atoms with van der Waals surface area (Å²) in [7, 11) is 1.62. The van der Waals surface area contributed by atoms with Crippen LogP contribution in [0.1, 0.15) is 38.3 Å². The van der Waals surface area contributed by atoms with Gasteiger partial charge >= 0.3 is 0 Å². The molecule has 0 amide bonds. The van der Waals surface area contributed by atoms with E-state index >= 15 is 0 Å². The van der Waals surface area contributed by atoms with Gasteiger partial charge in [-0.15, -0.1) is 0 Å². The van der Waals surface area contributed by atoms with Crippen LogP contribution in [0.5, 0.6) is 5.88 Å². The minimum absolute atomic E-state index is 0.164. The zero-order valence-electron chi connectivity index (χ0n) is 11.9. The first-order valence-electron chi connectivity index (χ1n) is 7.01. The molecule has 19 heavy (non-hydrogen) atoms. The minimum Gasteiger partial charge on any atom is -0.481 e. The maximum atomic E-state index is 6.13. The highest BCUT2D eigenvalue weighted by Crippen LogP contribution is 2.35. The van der Waals surface area contributed by atoms with E-state index in [0.717, 1.165) is 18.5 Å². The smallest absolute Gasteiger partial charge is 0.213 e. The van der Waals surface area contributed by atoms with E-state index in [1.165, 1.54) is 12.8 Å². The molecule has 4 heteroatoms. The molecule has 1 aromatic rings. The molecule has 1 heterocycles. The van der Waals surface area contributed by atoms with E-state index in [2.05, 4.69) is 11.9 Å². The molecule has 1 saturated carbocycles. The Morgan fingerprint density at radius 3 is 3.00 bits per heavy atom. The van der Waals surface area contributed by atoms with Crippen molar-refractivity contribution < 1.29 is 9.47 Å². The van der Waals surface area contributed by atoms with Crippen molar-refractivity contribution in [3.63, 3.8) is 0 Å². The Kier molecular flexibility index (Phi) is 4.77. The second kappa shape index (κ2) is 6.35. The number of nitrogens with zero attached hydrogens (tertiary/aromatic N) is 1. The molecule has 1 aliphatic rings. The molecule has 2 rings (SSSR count). The third-order valence-electron chi connectivity index (χ3n) is 3.94. The lowest BCUT2D eigenvalue weighted by molar-refractivity contribution is -0.0851. The van der Waals surface area contributed by atoms with Gasteiger partial charge in [0.2, 0.25) is 5.88 Å². The standard InChI is InChI=1S/C15H24N2O2/c1-12-5-4-8-15(9-12,11-16)19-10-13-6-3-7-14(17-13)18-2/h3,6-7,12H,4-5,8-11,16H2,1-2H3. The molecule has 0 aromatic carbocycles. The predicted molar refractivity (Wildman–Crippen MR) is 75.0 cm³/mol. The molecule has 1 fully saturated rings. The van der Waals surface area contributed by atoms with Gasteiger partial charge in [-0.05, 0) is 24.8 Å². The van der Waals surface area contributed by atoms with Gasteiger partial charge < -0.3 is 15.2 Å². The van der Waals surface area contributed by atoms with Gasteiger partial charge in [-0.1, -0.05) is 25.8 Å². The lowest BCUT2D eigenvalue weighted by Gasteiger charge is -2.39. The van der Waals surface area contributed by atoms with Crippen LogP contribution < -0.4 is 10.5 Å². The summed E-state index contributed by atoms with van der Waals surface area (Å²) >= 11 is 0. The molecule has 106 valence electrons. The monoisotopic (exact) mass is 264 g/mol. The first-order valence-corrected chi connectivity index (χ1v) is 7.01. The number of aromatic nitrogens is 1. The number of hydrogen-bond acceptors (Lipinski definition) is 4. The van der Waals surface area contributed by atoms with Crippen molar-refractivity contribution in [2.45, 2.75) is 44.8 Å². The zero-order valence-corrected chi connectivity index (χ0v) is 11.9.